The number of benzene rings is 4. The molecule has 0 aliphatic carbocycles. The zero-order chi connectivity index (χ0) is 28.3. The number of rotatable bonds is 9. The summed E-state index contributed by atoms with van der Waals surface area (Å²) in [5.41, 5.74) is 3.77. The molecule has 4 rings (SSSR count). The molecule has 40 heavy (non-hydrogen) atoms. The molecule has 200 valence electrons. The van der Waals surface area contributed by atoms with E-state index in [2.05, 4.69) is 15.8 Å². The summed E-state index contributed by atoms with van der Waals surface area (Å²) in [6.07, 6.45) is 1.27. The first-order chi connectivity index (χ1) is 19.4. The predicted octanol–water partition coefficient (Wildman–Crippen LogP) is 4.61. The normalized spacial score (nSPS) is 10.5. The fourth-order valence-electron chi connectivity index (χ4n) is 3.36. The first kappa shape index (κ1) is 28.2. The third-order valence-electron chi connectivity index (χ3n) is 5.34. The Bertz CT molecular complexity index is 1560. The number of hydrogen-bond acceptors (Lipinski definition) is 7. The molecular weight excluding hydrogens is 625 g/mol. The maximum absolute atomic E-state index is 12.7. The molecule has 4 aromatic carbocycles. The molecule has 0 fully saturated rings. The lowest BCUT2D eigenvalue weighted by molar-refractivity contribution is -0.120. The Morgan fingerprint density at radius 3 is 2.00 bits per heavy atom. The van der Waals surface area contributed by atoms with E-state index in [-0.39, 0.29) is 24.0 Å². The van der Waals surface area contributed by atoms with Gasteiger partial charge in [-0.3, -0.25) is 9.59 Å². The summed E-state index contributed by atoms with van der Waals surface area (Å²) in [7, 11) is 0. The summed E-state index contributed by atoms with van der Waals surface area (Å²) in [5, 5.41) is 6.45. The van der Waals surface area contributed by atoms with Gasteiger partial charge in [0.25, 0.3) is 11.8 Å². The first-order valence-electron chi connectivity index (χ1n) is 11.9. The second kappa shape index (κ2) is 13.8. The Hall–Kier alpha value is -4.84. The van der Waals surface area contributed by atoms with Gasteiger partial charge in [0.15, 0.2) is 0 Å². The average Bonchev–Trinajstić information content (AvgIpc) is 2.98. The molecule has 0 unspecified atom stereocenters. The summed E-state index contributed by atoms with van der Waals surface area (Å²) in [5.74, 6) is -1.97. The standard InChI is InChI=1S/C30H22IN3O6/c31-25-14-8-7-13-24(25)28(36)32-19-27(35)34-33-18-22-15-16-23(39-29(37)20-9-3-1-4-10-20)17-26(22)40-30(38)21-11-5-2-6-12-21/h1-18H,19H2,(H,32,36)(H,34,35). The third kappa shape index (κ3) is 7.84. The quantitative estimate of drug-likeness (QED) is 0.0900. The highest BCUT2D eigenvalue weighted by molar-refractivity contribution is 14.1. The highest BCUT2D eigenvalue weighted by atomic mass is 127. The maximum Gasteiger partial charge on any atom is 0.343 e. The van der Waals surface area contributed by atoms with Crippen LogP contribution in [-0.2, 0) is 4.79 Å². The predicted molar refractivity (Wildman–Crippen MR) is 156 cm³/mol. The highest BCUT2D eigenvalue weighted by Crippen LogP contribution is 2.26. The molecule has 0 bridgehead atoms. The van der Waals surface area contributed by atoms with Crippen molar-refractivity contribution in [1.29, 1.82) is 0 Å². The number of carbonyl (C=O) groups is 4. The second-order valence-corrected chi connectivity index (χ2v) is 9.33. The summed E-state index contributed by atoms with van der Waals surface area (Å²) >= 11 is 2.04. The largest absolute Gasteiger partial charge is 0.423 e. The van der Waals surface area contributed by atoms with Gasteiger partial charge in [-0.25, -0.2) is 15.0 Å². The summed E-state index contributed by atoms with van der Waals surface area (Å²) in [6, 6.07) is 28.2. The van der Waals surface area contributed by atoms with E-state index in [9.17, 15) is 19.2 Å². The number of hydrazone groups is 1. The van der Waals surface area contributed by atoms with Gasteiger partial charge < -0.3 is 14.8 Å². The second-order valence-electron chi connectivity index (χ2n) is 8.17. The molecule has 0 saturated carbocycles. The van der Waals surface area contributed by atoms with Crippen LogP contribution >= 0.6 is 22.6 Å². The first-order valence-corrected chi connectivity index (χ1v) is 13.0. The number of esters is 2. The van der Waals surface area contributed by atoms with Gasteiger partial charge in [-0.1, -0.05) is 48.5 Å². The minimum Gasteiger partial charge on any atom is -0.423 e. The minimum atomic E-state index is -0.635. The van der Waals surface area contributed by atoms with Crippen molar-refractivity contribution in [3.8, 4) is 11.5 Å². The van der Waals surface area contributed by atoms with E-state index in [1.807, 2.05) is 28.7 Å². The molecule has 9 nitrogen and oxygen atoms in total. The van der Waals surface area contributed by atoms with E-state index in [4.69, 9.17) is 9.47 Å². The van der Waals surface area contributed by atoms with Crippen LogP contribution in [0.25, 0.3) is 0 Å². The summed E-state index contributed by atoms with van der Waals surface area (Å²) in [6.45, 7) is -0.300. The third-order valence-corrected chi connectivity index (χ3v) is 6.28. The average molecular weight is 647 g/mol. The van der Waals surface area contributed by atoms with Crippen molar-refractivity contribution in [2.75, 3.05) is 6.54 Å². The molecule has 0 spiro atoms. The van der Waals surface area contributed by atoms with Crippen molar-refractivity contribution < 1.29 is 28.7 Å². The van der Waals surface area contributed by atoms with Crippen molar-refractivity contribution in [2.24, 2.45) is 5.10 Å². The van der Waals surface area contributed by atoms with Crippen molar-refractivity contribution in [3.63, 3.8) is 0 Å². The molecule has 0 radical (unpaired) electrons. The van der Waals surface area contributed by atoms with E-state index in [1.54, 1.807) is 78.9 Å². The van der Waals surface area contributed by atoms with Crippen LogP contribution in [0.15, 0.2) is 108 Å². The van der Waals surface area contributed by atoms with Crippen molar-refractivity contribution in [2.45, 2.75) is 0 Å². The van der Waals surface area contributed by atoms with Gasteiger partial charge in [0.05, 0.1) is 29.4 Å². The van der Waals surface area contributed by atoms with Gasteiger partial charge in [0.2, 0.25) is 0 Å². The van der Waals surface area contributed by atoms with Gasteiger partial charge in [-0.15, -0.1) is 0 Å². The summed E-state index contributed by atoms with van der Waals surface area (Å²) < 4.78 is 11.8. The van der Waals surface area contributed by atoms with Crippen LogP contribution in [0.2, 0.25) is 0 Å². The van der Waals surface area contributed by atoms with E-state index in [0.717, 1.165) is 3.57 Å². The van der Waals surface area contributed by atoms with E-state index in [0.29, 0.717) is 22.3 Å². The van der Waals surface area contributed by atoms with Gasteiger partial charge >= 0.3 is 11.9 Å². The van der Waals surface area contributed by atoms with Crippen LogP contribution in [0.1, 0.15) is 36.6 Å². The molecule has 0 aliphatic rings. The number of hydrogen-bond donors (Lipinski definition) is 2. The molecule has 0 atom stereocenters. The van der Waals surface area contributed by atoms with Crippen LogP contribution in [0.3, 0.4) is 0 Å². The SMILES string of the molecule is O=C(CNC(=O)c1ccccc1I)NN=Cc1ccc(OC(=O)c2ccccc2)cc1OC(=O)c1ccccc1. The van der Waals surface area contributed by atoms with Crippen molar-refractivity contribution in [3.05, 3.63) is 129 Å². The monoisotopic (exact) mass is 647 g/mol. The number of nitrogens with one attached hydrogen (secondary N) is 2. The molecule has 0 saturated heterocycles. The van der Waals surface area contributed by atoms with Crippen molar-refractivity contribution >= 4 is 52.6 Å². The molecule has 4 aromatic rings. The van der Waals surface area contributed by atoms with Gasteiger partial charge in [-0.2, -0.15) is 5.10 Å². The zero-order valence-electron chi connectivity index (χ0n) is 20.9. The van der Waals surface area contributed by atoms with E-state index in [1.165, 1.54) is 24.4 Å². The van der Waals surface area contributed by atoms with Crippen LogP contribution < -0.4 is 20.2 Å². The van der Waals surface area contributed by atoms with Crippen LogP contribution in [0, 0.1) is 3.57 Å². The lowest BCUT2D eigenvalue weighted by atomic mass is 10.2. The molecule has 0 aromatic heterocycles. The maximum atomic E-state index is 12.7. The lowest BCUT2D eigenvalue weighted by Gasteiger charge is -2.11. The number of amides is 2. The van der Waals surface area contributed by atoms with Crippen molar-refractivity contribution in [1.82, 2.24) is 10.7 Å². The van der Waals surface area contributed by atoms with Gasteiger partial charge in [0.1, 0.15) is 11.5 Å². The smallest absolute Gasteiger partial charge is 0.343 e. The highest BCUT2D eigenvalue weighted by Gasteiger charge is 2.15. The van der Waals surface area contributed by atoms with Crippen LogP contribution in [0.4, 0.5) is 0 Å². The van der Waals surface area contributed by atoms with Crippen LogP contribution in [0.5, 0.6) is 11.5 Å². The Morgan fingerprint density at radius 2 is 1.35 bits per heavy atom. The summed E-state index contributed by atoms with van der Waals surface area (Å²) in [4.78, 5) is 49.7. The zero-order valence-corrected chi connectivity index (χ0v) is 23.0. The van der Waals surface area contributed by atoms with Gasteiger partial charge in [-0.05, 0) is 71.1 Å². The number of ether oxygens (including phenoxy) is 2. The Kier molecular flexibility index (Phi) is 9.72. The van der Waals surface area contributed by atoms with Gasteiger partial charge in [0, 0.05) is 15.2 Å². The Labute approximate surface area is 243 Å². The molecule has 2 amide bonds. The molecular formula is C30H22IN3O6. The minimum absolute atomic E-state index is 0.0529. The lowest BCUT2D eigenvalue weighted by Crippen LogP contribution is -2.35. The van der Waals surface area contributed by atoms with E-state index < -0.39 is 17.8 Å². The van der Waals surface area contributed by atoms with E-state index >= 15 is 0 Å². The fourth-order valence-corrected chi connectivity index (χ4v) is 3.99. The van der Waals surface area contributed by atoms with Crippen LogP contribution in [-0.4, -0.2) is 36.5 Å². The molecule has 0 aliphatic heterocycles. The molecule has 10 heteroatoms. The topological polar surface area (TPSA) is 123 Å². The Balaban J connectivity index is 1.45. The molecule has 2 N–H and O–H groups in total. The number of nitrogens with zero attached hydrogens (tertiary/aromatic N) is 1. The Morgan fingerprint density at radius 1 is 0.750 bits per heavy atom. The molecule has 0 heterocycles. The number of halogens is 1. The fraction of sp³-hybridized carbons (Fsp3) is 0.0333. The number of carbonyl (C=O) groups excluding carboxylic acids is 4.